The van der Waals surface area contributed by atoms with Crippen molar-refractivity contribution < 1.29 is 38.7 Å². The molecule has 2 fully saturated rings. The summed E-state index contributed by atoms with van der Waals surface area (Å²) >= 11 is 0. The van der Waals surface area contributed by atoms with E-state index in [9.17, 15) is 9.59 Å². The second kappa shape index (κ2) is 6.98. The molecule has 2 rings (SSSR count). The Morgan fingerprint density at radius 3 is 2.40 bits per heavy atom. The lowest BCUT2D eigenvalue weighted by atomic mass is 10.2. The lowest BCUT2D eigenvalue weighted by Crippen LogP contribution is -2.14. The standard InChI is InChI=1S/C12H18O8/c13-5-7-11(18-7)17-6-8-12(19-8)20-10(16)4-2-1-3-9(14)15/h7-8,11-13H,1-6H2,(H,14,15). The molecule has 114 valence electrons. The van der Waals surface area contributed by atoms with Crippen LogP contribution in [-0.4, -0.2) is 60.2 Å². The van der Waals surface area contributed by atoms with Gasteiger partial charge in [0.25, 0.3) is 0 Å². The zero-order chi connectivity index (χ0) is 14.5. The first kappa shape index (κ1) is 15.2. The number of unbranched alkanes of at least 4 members (excludes halogenated alkanes) is 1. The van der Waals surface area contributed by atoms with Gasteiger partial charge in [0.1, 0.15) is 12.2 Å². The molecule has 0 aromatic carbocycles. The van der Waals surface area contributed by atoms with Crippen LogP contribution in [0.3, 0.4) is 0 Å². The van der Waals surface area contributed by atoms with Gasteiger partial charge in [-0.3, -0.25) is 9.59 Å². The normalized spacial score (nSPS) is 30.9. The van der Waals surface area contributed by atoms with E-state index in [1.165, 1.54) is 0 Å². The van der Waals surface area contributed by atoms with Crippen molar-refractivity contribution in [3.63, 3.8) is 0 Å². The molecule has 8 heteroatoms. The fraction of sp³-hybridized carbons (Fsp3) is 0.833. The average Bonchev–Trinajstić information content (AvgIpc) is 3.28. The number of carbonyl (C=O) groups is 2. The van der Waals surface area contributed by atoms with Gasteiger partial charge in [-0.2, -0.15) is 0 Å². The molecule has 8 nitrogen and oxygen atoms in total. The molecule has 2 N–H and O–H groups in total. The number of rotatable bonds is 10. The first-order valence-electron chi connectivity index (χ1n) is 6.55. The smallest absolute Gasteiger partial charge is 0.308 e. The molecule has 0 bridgehead atoms. The van der Waals surface area contributed by atoms with Crippen molar-refractivity contribution in [3.05, 3.63) is 0 Å². The van der Waals surface area contributed by atoms with Crippen LogP contribution in [0.2, 0.25) is 0 Å². The van der Waals surface area contributed by atoms with Crippen LogP contribution in [0, 0.1) is 0 Å². The van der Waals surface area contributed by atoms with E-state index in [1.807, 2.05) is 0 Å². The van der Waals surface area contributed by atoms with E-state index in [4.69, 9.17) is 29.2 Å². The van der Waals surface area contributed by atoms with Gasteiger partial charge in [-0.15, -0.1) is 0 Å². The predicted octanol–water partition coefficient (Wildman–Crippen LogP) is -0.367. The third-order valence-electron chi connectivity index (χ3n) is 2.95. The zero-order valence-corrected chi connectivity index (χ0v) is 10.9. The monoisotopic (exact) mass is 290 g/mol. The highest BCUT2D eigenvalue weighted by Crippen LogP contribution is 2.28. The van der Waals surface area contributed by atoms with Gasteiger partial charge < -0.3 is 29.2 Å². The van der Waals surface area contributed by atoms with Crippen LogP contribution in [0.4, 0.5) is 0 Å². The number of carboxylic acid groups (broad SMARTS) is 1. The molecule has 0 aromatic rings. The molecule has 2 aliphatic heterocycles. The van der Waals surface area contributed by atoms with Gasteiger partial charge in [0.05, 0.1) is 13.2 Å². The van der Waals surface area contributed by atoms with Crippen LogP contribution in [0.1, 0.15) is 25.7 Å². The van der Waals surface area contributed by atoms with Crippen molar-refractivity contribution in [1.29, 1.82) is 0 Å². The summed E-state index contributed by atoms with van der Waals surface area (Å²) in [6.07, 6.45) is -0.372. The van der Waals surface area contributed by atoms with Crippen LogP contribution in [-0.2, 0) is 28.5 Å². The summed E-state index contributed by atoms with van der Waals surface area (Å²) in [4.78, 5) is 21.7. The molecule has 2 saturated heterocycles. The highest BCUT2D eigenvalue weighted by molar-refractivity contribution is 5.70. The topological polar surface area (TPSA) is 118 Å². The molecule has 20 heavy (non-hydrogen) atoms. The fourth-order valence-corrected chi connectivity index (χ4v) is 1.67. The Hall–Kier alpha value is -1.22. The van der Waals surface area contributed by atoms with Gasteiger partial charge in [0, 0.05) is 12.8 Å². The average molecular weight is 290 g/mol. The van der Waals surface area contributed by atoms with Crippen molar-refractivity contribution in [3.8, 4) is 0 Å². The molecule has 4 unspecified atom stereocenters. The summed E-state index contributed by atoms with van der Waals surface area (Å²) in [5.41, 5.74) is 0. The first-order valence-corrected chi connectivity index (χ1v) is 6.55. The Balaban J connectivity index is 1.46. The van der Waals surface area contributed by atoms with Crippen molar-refractivity contribution >= 4 is 11.9 Å². The van der Waals surface area contributed by atoms with Gasteiger partial charge in [0.2, 0.25) is 6.29 Å². The van der Waals surface area contributed by atoms with E-state index >= 15 is 0 Å². The lowest BCUT2D eigenvalue weighted by molar-refractivity contribution is -0.149. The molecule has 0 aliphatic carbocycles. The van der Waals surface area contributed by atoms with Crippen LogP contribution in [0.5, 0.6) is 0 Å². The van der Waals surface area contributed by atoms with E-state index < -0.39 is 24.5 Å². The number of hydrogen-bond donors (Lipinski definition) is 2. The highest BCUT2D eigenvalue weighted by Gasteiger charge is 2.46. The predicted molar refractivity (Wildman–Crippen MR) is 62.6 cm³/mol. The summed E-state index contributed by atoms with van der Waals surface area (Å²) in [5, 5.41) is 17.2. The number of ether oxygens (including phenoxy) is 4. The number of aliphatic hydroxyl groups excluding tert-OH is 1. The molecule has 0 aromatic heterocycles. The molecular weight excluding hydrogens is 272 g/mol. The Labute approximate surface area is 115 Å². The summed E-state index contributed by atoms with van der Waals surface area (Å²) in [7, 11) is 0. The van der Waals surface area contributed by atoms with Crippen molar-refractivity contribution in [2.75, 3.05) is 13.2 Å². The van der Waals surface area contributed by atoms with Crippen LogP contribution >= 0.6 is 0 Å². The Morgan fingerprint density at radius 1 is 1.05 bits per heavy atom. The lowest BCUT2D eigenvalue weighted by Gasteiger charge is -2.01. The number of esters is 1. The fourth-order valence-electron chi connectivity index (χ4n) is 1.67. The molecule has 0 radical (unpaired) electrons. The minimum atomic E-state index is -0.871. The van der Waals surface area contributed by atoms with Crippen molar-refractivity contribution in [1.82, 2.24) is 0 Å². The van der Waals surface area contributed by atoms with Gasteiger partial charge in [-0.25, -0.2) is 0 Å². The molecule has 0 saturated carbocycles. The Kier molecular flexibility index (Phi) is 5.30. The quantitative estimate of drug-likeness (QED) is 0.318. The maximum absolute atomic E-state index is 11.4. The minimum Gasteiger partial charge on any atom is -0.481 e. The SMILES string of the molecule is O=C(O)CCCCC(=O)OC1OC1COC1OC1CO. The second-order valence-electron chi connectivity index (χ2n) is 4.69. The van der Waals surface area contributed by atoms with Crippen molar-refractivity contribution in [2.45, 2.75) is 50.5 Å². The highest BCUT2D eigenvalue weighted by atomic mass is 16.8. The number of aliphatic hydroxyl groups is 1. The second-order valence-corrected chi connectivity index (χ2v) is 4.69. The van der Waals surface area contributed by atoms with Gasteiger partial charge in [-0.1, -0.05) is 0 Å². The summed E-state index contributed by atoms with van der Waals surface area (Å²) in [5.74, 6) is -1.27. The van der Waals surface area contributed by atoms with Gasteiger partial charge >= 0.3 is 11.9 Å². The first-order chi connectivity index (χ1) is 9.60. The largest absolute Gasteiger partial charge is 0.481 e. The molecule has 0 amide bonds. The minimum absolute atomic E-state index is 0.0527. The third-order valence-corrected chi connectivity index (χ3v) is 2.95. The Morgan fingerprint density at radius 2 is 1.75 bits per heavy atom. The van der Waals surface area contributed by atoms with Crippen LogP contribution in [0.25, 0.3) is 0 Å². The maximum atomic E-state index is 11.4. The van der Waals surface area contributed by atoms with E-state index in [-0.39, 0.29) is 38.3 Å². The molecular formula is C12H18O8. The molecule has 0 spiro atoms. The molecule has 2 heterocycles. The third kappa shape index (κ3) is 5.04. The summed E-state index contributed by atoms with van der Waals surface area (Å²) < 4.78 is 20.3. The molecule has 4 atom stereocenters. The maximum Gasteiger partial charge on any atom is 0.308 e. The Bertz CT molecular complexity index is 357. The van der Waals surface area contributed by atoms with E-state index in [0.29, 0.717) is 12.8 Å². The number of carboxylic acids is 1. The van der Waals surface area contributed by atoms with Crippen LogP contribution < -0.4 is 0 Å². The number of carbonyl (C=O) groups excluding carboxylic acids is 1. The van der Waals surface area contributed by atoms with Gasteiger partial charge in [0.15, 0.2) is 6.29 Å². The zero-order valence-electron chi connectivity index (χ0n) is 10.9. The number of aliphatic carboxylic acids is 1. The number of epoxide rings is 2. The van der Waals surface area contributed by atoms with Crippen LogP contribution in [0.15, 0.2) is 0 Å². The van der Waals surface area contributed by atoms with E-state index in [0.717, 1.165) is 0 Å². The van der Waals surface area contributed by atoms with Gasteiger partial charge in [-0.05, 0) is 12.8 Å². The summed E-state index contributed by atoms with van der Waals surface area (Å²) in [6, 6.07) is 0. The van der Waals surface area contributed by atoms with E-state index in [2.05, 4.69) is 0 Å². The number of hydrogen-bond acceptors (Lipinski definition) is 7. The van der Waals surface area contributed by atoms with Crippen molar-refractivity contribution in [2.24, 2.45) is 0 Å². The molecule has 2 aliphatic rings. The summed E-state index contributed by atoms with van der Waals surface area (Å²) in [6.45, 7) is 0.170. The van der Waals surface area contributed by atoms with E-state index in [1.54, 1.807) is 0 Å².